The van der Waals surface area contributed by atoms with Crippen molar-refractivity contribution >= 4 is 0 Å². The number of benzene rings is 2. The van der Waals surface area contributed by atoms with Crippen molar-refractivity contribution in [2.75, 3.05) is 6.54 Å². The third-order valence-electron chi connectivity index (χ3n) is 3.73. The van der Waals surface area contributed by atoms with Gasteiger partial charge in [-0.2, -0.15) is 5.10 Å². The van der Waals surface area contributed by atoms with E-state index in [2.05, 4.69) is 9.84 Å². The second-order valence-corrected chi connectivity index (χ2v) is 5.76. The highest BCUT2D eigenvalue weighted by Crippen LogP contribution is 2.36. The molecule has 5 nitrogen and oxygen atoms in total. The number of hydrogen-bond donors (Lipinski definition) is 1. The maximum atomic E-state index is 12.7. The summed E-state index contributed by atoms with van der Waals surface area (Å²) < 4.78 is 49.5. The van der Waals surface area contributed by atoms with Crippen molar-refractivity contribution in [3.63, 3.8) is 0 Å². The van der Waals surface area contributed by atoms with Crippen LogP contribution in [0.4, 0.5) is 13.2 Å². The number of nitrogens with zero attached hydrogens (tertiary/aromatic N) is 2. The fourth-order valence-corrected chi connectivity index (χ4v) is 2.51. The lowest BCUT2D eigenvalue weighted by Crippen LogP contribution is -2.17. The van der Waals surface area contributed by atoms with Crippen LogP contribution in [0.2, 0.25) is 0 Å². The van der Waals surface area contributed by atoms with Crippen LogP contribution in [0, 0.1) is 0 Å². The summed E-state index contributed by atoms with van der Waals surface area (Å²) in [6.45, 7) is 1.10. The number of alkyl halides is 3. The van der Waals surface area contributed by atoms with Gasteiger partial charge in [0, 0.05) is 18.3 Å². The predicted octanol–water partition coefficient (Wildman–Crippen LogP) is 3.99. The number of aromatic nitrogens is 2. The molecule has 0 spiro atoms. The Morgan fingerprint density at radius 3 is 2.48 bits per heavy atom. The lowest BCUT2D eigenvalue weighted by molar-refractivity contribution is -0.275. The van der Waals surface area contributed by atoms with Gasteiger partial charge in [0.1, 0.15) is 6.61 Å². The van der Waals surface area contributed by atoms with E-state index < -0.39 is 12.1 Å². The first-order valence-electron chi connectivity index (χ1n) is 8.24. The van der Waals surface area contributed by atoms with Gasteiger partial charge >= 0.3 is 6.36 Å². The van der Waals surface area contributed by atoms with Gasteiger partial charge in [-0.3, -0.25) is 4.68 Å². The van der Waals surface area contributed by atoms with E-state index in [1.165, 1.54) is 18.2 Å². The number of ether oxygens (including phenoxy) is 2. The van der Waals surface area contributed by atoms with Gasteiger partial charge in [-0.05, 0) is 23.3 Å². The largest absolute Gasteiger partial charge is 0.573 e. The standard InChI is InChI=1S/C19H18F3N3O2/c20-19(21,22)27-17-7-6-15(16-11-24-25(12-16)9-8-23)10-18(17)26-13-14-4-2-1-3-5-14/h1-7,10-12H,8-9,13,23H2. The zero-order valence-electron chi connectivity index (χ0n) is 14.3. The van der Waals surface area contributed by atoms with Crippen LogP contribution in [0.1, 0.15) is 5.56 Å². The van der Waals surface area contributed by atoms with Gasteiger partial charge in [0.15, 0.2) is 11.5 Å². The Bertz CT molecular complexity index is 879. The number of nitrogens with two attached hydrogens (primary N) is 1. The van der Waals surface area contributed by atoms with Gasteiger partial charge in [-0.15, -0.1) is 13.2 Å². The second kappa shape index (κ2) is 8.13. The minimum Gasteiger partial charge on any atom is -0.485 e. The van der Waals surface area contributed by atoms with E-state index in [0.29, 0.717) is 18.7 Å². The van der Waals surface area contributed by atoms with Crippen molar-refractivity contribution in [2.24, 2.45) is 5.73 Å². The highest BCUT2D eigenvalue weighted by atomic mass is 19.4. The zero-order chi connectivity index (χ0) is 19.3. The van der Waals surface area contributed by atoms with Crippen molar-refractivity contribution < 1.29 is 22.6 Å². The fraction of sp³-hybridized carbons (Fsp3) is 0.211. The first-order chi connectivity index (χ1) is 12.9. The number of hydrogen-bond acceptors (Lipinski definition) is 4. The van der Waals surface area contributed by atoms with Crippen molar-refractivity contribution in [1.82, 2.24) is 9.78 Å². The minimum atomic E-state index is -4.81. The molecule has 2 N–H and O–H groups in total. The topological polar surface area (TPSA) is 62.3 Å². The highest BCUT2D eigenvalue weighted by molar-refractivity contribution is 5.66. The minimum absolute atomic E-state index is 0.000234. The van der Waals surface area contributed by atoms with Crippen LogP contribution in [0.3, 0.4) is 0 Å². The van der Waals surface area contributed by atoms with Gasteiger partial charge in [0.05, 0.1) is 12.7 Å². The first kappa shape index (κ1) is 18.8. The van der Waals surface area contributed by atoms with Crippen LogP contribution in [0.5, 0.6) is 11.5 Å². The molecule has 0 saturated heterocycles. The van der Waals surface area contributed by atoms with Gasteiger partial charge < -0.3 is 15.2 Å². The highest BCUT2D eigenvalue weighted by Gasteiger charge is 2.32. The average Bonchev–Trinajstić information content (AvgIpc) is 3.09. The quantitative estimate of drug-likeness (QED) is 0.676. The van der Waals surface area contributed by atoms with Crippen molar-refractivity contribution in [3.05, 3.63) is 66.5 Å². The van der Waals surface area contributed by atoms with E-state index in [9.17, 15) is 13.2 Å². The summed E-state index contributed by atoms with van der Waals surface area (Å²) in [4.78, 5) is 0. The van der Waals surface area contributed by atoms with Crippen LogP contribution in [-0.4, -0.2) is 22.7 Å². The Balaban J connectivity index is 1.87. The van der Waals surface area contributed by atoms with E-state index in [1.54, 1.807) is 17.1 Å². The predicted molar refractivity (Wildman–Crippen MR) is 94.2 cm³/mol. The summed E-state index contributed by atoms with van der Waals surface area (Å²) in [5.41, 5.74) is 7.74. The molecule has 0 aliphatic rings. The molecule has 1 heterocycles. The molecule has 0 amide bonds. The number of rotatable bonds is 7. The Labute approximate surface area is 154 Å². The monoisotopic (exact) mass is 377 g/mol. The summed E-state index contributed by atoms with van der Waals surface area (Å²) in [5.74, 6) is -0.392. The van der Waals surface area contributed by atoms with Crippen LogP contribution < -0.4 is 15.2 Å². The molecule has 1 aromatic heterocycles. The molecule has 27 heavy (non-hydrogen) atoms. The molecule has 0 atom stereocenters. The molecule has 0 unspecified atom stereocenters. The molecule has 2 aromatic carbocycles. The maximum Gasteiger partial charge on any atom is 0.573 e. The van der Waals surface area contributed by atoms with Gasteiger partial charge in [-0.1, -0.05) is 36.4 Å². The normalized spacial score (nSPS) is 11.4. The summed E-state index contributed by atoms with van der Waals surface area (Å²) in [6, 6.07) is 13.4. The van der Waals surface area contributed by atoms with E-state index in [1.807, 2.05) is 30.3 Å². The summed E-state index contributed by atoms with van der Waals surface area (Å²) >= 11 is 0. The molecule has 142 valence electrons. The van der Waals surface area contributed by atoms with Gasteiger partial charge in [0.25, 0.3) is 0 Å². The molecule has 8 heteroatoms. The Morgan fingerprint density at radius 1 is 1.00 bits per heavy atom. The number of halogens is 3. The lowest BCUT2D eigenvalue weighted by Gasteiger charge is -2.15. The summed E-state index contributed by atoms with van der Waals surface area (Å²) in [5, 5.41) is 4.17. The van der Waals surface area contributed by atoms with Crippen LogP contribution in [0.25, 0.3) is 11.1 Å². The Hall–Kier alpha value is -3.00. The van der Waals surface area contributed by atoms with Crippen molar-refractivity contribution in [2.45, 2.75) is 19.5 Å². The maximum absolute atomic E-state index is 12.7. The lowest BCUT2D eigenvalue weighted by atomic mass is 10.1. The van der Waals surface area contributed by atoms with Crippen LogP contribution in [0.15, 0.2) is 60.9 Å². The van der Waals surface area contributed by atoms with Crippen molar-refractivity contribution in [1.29, 1.82) is 0 Å². The summed E-state index contributed by atoms with van der Waals surface area (Å²) in [6.07, 6.45) is -1.41. The molecule has 0 saturated carbocycles. The molecule has 0 aliphatic heterocycles. The van der Waals surface area contributed by atoms with E-state index in [0.717, 1.165) is 11.1 Å². The van der Waals surface area contributed by atoms with Crippen LogP contribution >= 0.6 is 0 Å². The van der Waals surface area contributed by atoms with Gasteiger partial charge in [0.2, 0.25) is 0 Å². The van der Waals surface area contributed by atoms with Crippen LogP contribution in [-0.2, 0) is 13.2 Å². The molecule has 3 rings (SSSR count). The fourth-order valence-electron chi connectivity index (χ4n) is 2.51. The molecular weight excluding hydrogens is 359 g/mol. The van der Waals surface area contributed by atoms with Crippen molar-refractivity contribution in [3.8, 4) is 22.6 Å². The first-order valence-corrected chi connectivity index (χ1v) is 8.24. The molecule has 0 aliphatic carbocycles. The smallest absolute Gasteiger partial charge is 0.485 e. The van der Waals surface area contributed by atoms with E-state index >= 15 is 0 Å². The van der Waals surface area contributed by atoms with E-state index in [-0.39, 0.29) is 12.4 Å². The third kappa shape index (κ3) is 5.24. The molecule has 0 fully saturated rings. The average molecular weight is 377 g/mol. The zero-order valence-corrected chi connectivity index (χ0v) is 14.3. The Morgan fingerprint density at radius 2 is 1.78 bits per heavy atom. The van der Waals surface area contributed by atoms with Gasteiger partial charge in [-0.25, -0.2) is 0 Å². The molecule has 0 radical (unpaired) electrons. The summed E-state index contributed by atoms with van der Waals surface area (Å²) in [7, 11) is 0. The third-order valence-corrected chi connectivity index (χ3v) is 3.73. The van der Waals surface area contributed by atoms with E-state index in [4.69, 9.17) is 10.5 Å². The Kier molecular flexibility index (Phi) is 5.66. The SMILES string of the molecule is NCCn1cc(-c2ccc(OC(F)(F)F)c(OCc3ccccc3)c2)cn1. The second-order valence-electron chi connectivity index (χ2n) is 5.76. The molecule has 3 aromatic rings. The molecule has 0 bridgehead atoms. The molecular formula is C19H18F3N3O2.